The molecule has 0 aliphatic heterocycles. The second-order valence-electron chi connectivity index (χ2n) is 2.75. The van der Waals surface area contributed by atoms with E-state index in [0.29, 0.717) is 12.2 Å². The van der Waals surface area contributed by atoms with Gasteiger partial charge in [-0.05, 0) is 11.6 Å². The summed E-state index contributed by atoms with van der Waals surface area (Å²) in [6.07, 6.45) is 1.42. The van der Waals surface area contributed by atoms with Crippen molar-refractivity contribution in [3.8, 4) is 0 Å². The van der Waals surface area contributed by atoms with Crippen molar-refractivity contribution in [3.63, 3.8) is 0 Å². The Hall–Kier alpha value is -1.46. The normalized spacial score (nSPS) is 10.1. The third-order valence-corrected chi connectivity index (χ3v) is 1.71. The zero-order valence-corrected chi connectivity index (χ0v) is 7.73. The number of ether oxygens (including phenoxy) is 1. The number of methoxy groups -OCH3 is 1. The molecule has 0 aromatic carbocycles. The molecule has 5 heteroatoms. The predicted molar refractivity (Wildman–Crippen MR) is 47.8 cm³/mol. The Balaban J connectivity index is 3.05. The zero-order valence-electron chi connectivity index (χ0n) is 7.73. The first-order valence-electron chi connectivity index (χ1n) is 4.00. The van der Waals surface area contributed by atoms with Gasteiger partial charge in [0.05, 0.1) is 13.2 Å². The van der Waals surface area contributed by atoms with Crippen molar-refractivity contribution in [1.29, 1.82) is 0 Å². The lowest BCUT2D eigenvalue weighted by Crippen LogP contribution is -2.07. The van der Waals surface area contributed by atoms with E-state index in [1.165, 1.54) is 13.3 Å². The number of rotatable bonds is 4. The van der Waals surface area contributed by atoms with Gasteiger partial charge in [-0.1, -0.05) is 0 Å². The average Bonchev–Trinajstić information content (AvgIpc) is 2.17. The summed E-state index contributed by atoms with van der Waals surface area (Å²) < 4.78 is 4.86. The lowest BCUT2D eigenvalue weighted by atomic mass is 10.1. The van der Waals surface area contributed by atoms with Crippen molar-refractivity contribution in [3.05, 3.63) is 29.1 Å². The van der Waals surface area contributed by atoms with E-state index in [4.69, 9.17) is 14.9 Å². The SMILES string of the molecule is COCc1cnc(C(=O)O)c(CO)c1. The number of hydrogen-bond acceptors (Lipinski definition) is 4. The summed E-state index contributed by atoms with van der Waals surface area (Å²) in [6.45, 7) is 0.00604. The molecule has 0 bridgehead atoms. The summed E-state index contributed by atoms with van der Waals surface area (Å²) in [6, 6.07) is 1.57. The van der Waals surface area contributed by atoms with Crippen molar-refractivity contribution in [2.24, 2.45) is 0 Å². The lowest BCUT2D eigenvalue weighted by Gasteiger charge is -2.04. The van der Waals surface area contributed by atoms with E-state index in [2.05, 4.69) is 4.98 Å². The van der Waals surface area contributed by atoms with Gasteiger partial charge in [-0.25, -0.2) is 9.78 Å². The molecule has 0 radical (unpaired) electrons. The van der Waals surface area contributed by atoms with Crippen LogP contribution in [0.15, 0.2) is 12.3 Å². The molecule has 0 spiro atoms. The molecular formula is C9H11NO4. The minimum atomic E-state index is -1.14. The molecule has 0 unspecified atom stereocenters. The second kappa shape index (κ2) is 4.69. The predicted octanol–water partition coefficient (Wildman–Crippen LogP) is 0.419. The van der Waals surface area contributed by atoms with E-state index in [-0.39, 0.29) is 12.3 Å². The monoisotopic (exact) mass is 197 g/mol. The molecule has 1 aromatic rings. The number of pyridine rings is 1. The van der Waals surface area contributed by atoms with Crippen molar-refractivity contribution in [2.75, 3.05) is 7.11 Å². The van der Waals surface area contributed by atoms with Gasteiger partial charge >= 0.3 is 5.97 Å². The van der Waals surface area contributed by atoms with Gasteiger partial charge in [0.1, 0.15) is 0 Å². The van der Waals surface area contributed by atoms with Gasteiger partial charge < -0.3 is 14.9 Å². The van der Waals surface area contributed by atoms with Gasteiger partial charge in [0.2, 0.25) is 0 Å². The number of carbonyl (C=O) groups is 1. The Labute approximate surface area is 81.0 Å². The standard InChI is InChI=1S/C9H11NO4/c1-14-5-6-2-7(4-11)8(9(12)13)10-3-6/h2-3,11H,4-5H2,1H3,(H,12,13). The number of nitrogens with zero attached hydrogens (tertiary/aromatic N) is 1. The number of hydrogen-bond donors (Lipinski definition) is 2. The molecule has 5 nitrogen and oxygen atoms in total. The molecule has 1 rings (SSSR count). The van der Waals surface area contributed by atoms with Crippen LogP contribution in [0.2, 0.25) is 0 Å². The lowest BCUT2D eigenvalue weighted by molar-refractivity contribution is 0.0686. The van der Waals surface area contributed by atoms with Crippen LogP contribution in [0, 0.1) is 0 Å². The molecular weight excluding hydrogens is 186 g/mol. The number of carboxylic acids is 1. The van der Waals surface area contributed by atoms with E-state index in [0.717, 1.165) is 5.56 Å². The Morgan fingerprint density at radius 2 is 2.36 bits per heavy atom. The fraction of sp³-hybridized carbons (Fsp3) is 0.333. The summed E-state index contributed by atoms with van der Waals surface area (Å²) in [5.41, 5.74) is 0.918. The highest BCUT2D eigenvalue weighted by Crippen LogP contribution is 2.09. The summed E-state index contributed by atoms with van der Waals surface area (Å²) in [5, 5.41) is 17.6. The van der Waals surface area contributed by atoms with Crippen molar-refractivity contribution < 1.29 is 19.7 Å². The molecule has 1 aromatic heterocycles. The summed E-state index contributed by atoms with van der Waals surface area (Å²) in [5.74, 6) is -1.14. The van der Waals surface area contributed by atoms with Crippen LogP contribution in [0.25, 0.3) is 0 Å². The maximum Gasteiger partial charge on any atom is 0.354 e. The van der Waals surface area contributed by atoms with Crippen LogP contribution in [0.5, 0.6) is 0 Å². The molecule has 0 saturated carbocycles. The highest BCUT2D eigenvalue weighted by Gasteiger charge is 2.11. The van der Waals surface area contributed by atoms with Crippen LogP contribution in [-0.2, 0) is 18.0 Å². The van der Waals surface area contributed by atoms with Crippen LogP contribution < -0.4 is 0 Å². The third-order valence-electron chi connectivity index (χ3n) is 1.71. The largest absolute Gasteiger partial charge is 0.477 e. The van der Waals surface area contributed by atoms with Crippen molar-refractivity contribution in [2.45, 2.75) is 13.2 Å². The van der Waals surface area contributed by atoms with Gasteiger partial charge in [-0.3, -0.25) is 0 Å². The Bertz CT molecular complexity index is 338. The molecule has 0 aliphatic carbocycles. The third kappa shape index (κ3) is 2.27. The number of aromatic nitrogens is 1. The van der Waals surface area contributed by atoms with Crippen LogP contribution >= 0.6 is 0 Å². The molecule has 0 fully saturated rings. The zero-order chi connectivity index (χ0) is 10.6. The highest BCUT2D eigenvalue weighted by atomic mass is 16.5. The van der Waals surface area contributed by atoms with Crippen LogP contribution in [0.4, 0.5) is 0 Å². The Kier molecular flexibility index (Phi) is 3.55. The number of carboxylic acid groups (broad SMARTS) is 1. The number of aliphatic hydroxyl groups is 1. The first-order chi connectivity index (χ1) is 6.69. The maximum absolute atomic E-state index is 10.6. The van der Waals surface area contributed by atoms with E-state index in [1.807, 2.05) is 0 Å². The van der Waals surface area contributed by atoms with Gasteiger partial charge in [0.15, 0.2) is 5.69 Å². The van der Waals surface area contributed by atoms with Gasteiger partial charge in [-0.2, -0.15) is 0 Å². The summed E-state index contributed by atoms with van der Waals surface area (Å²) in [4.78, 5) is 14.4. The molecule has 76 valence electrons. The van der Waals surface area contributed by atoms with Crippen LogP contribution in [0.1, 0.15) is 21.6 Å². The Morgan fingerprint density at radius 1 is 1.64 bits per heavy atom. The molecule has 0 amide bonds. The topological polar surface area (TPSA) is 79.7 Å². The molecule has 2 N–H and O–H groups in total. The first kappa shape index (κ1) is 10.6. The fourth-order valence-electron chi connectivity index (χ4n) is 1.12. The second-order valence-corrected chi connectivity index (χ2v) is 2.75. The summed E-state index contributed by atoms with van der Waals surface area (Å²) >= 11 is 0. The van der Waals surface area contributed by atoms with Crippen molar-refractivity contribution in [1.82, 2.24) is 4.98 Å². The first-order valence-corrected chi connectivity index (χ1v) is 4.00. The number of aromatic carboxylic acids is 1. The minimum Gasteiger partial charge on any atom is -0.477 e. The highest BCUT2D eigenvalue weighted by molar-refractivity contribution is 5.87. The molecule has 14 heavy (non-hydrogen) atoms. The smallest absolute Gasteiger partial charge is 0.354 e. The summed E-state index contributed by atoms with van der Waals surface area (Å²) in [7, 11) is 1.53. The van der Waals surface area contributed by atoms with Gasteiger partial charge in [0.25, 0.3) is 0 Å². The fourth-order valence-corrected chi connectivity index (χ4v) is 1.12. The van der Waals surface area contributed by atoms with Gasteiger partial charge in [0, 0.05) is 18.9 Å². The van der Waals surface area contributed by atoms with E-state index in [1.54, 1.807) is 6.07 Å². The minimum absolute atomic E-state index is 0.118. The maximum atomic E-state index is 10.6. The molecule has 1 heterocycles. The van der Waals surface area contributed by atoms with E-state index in [9.17, 15) is 4.79 Å². The quantitative estimate of drug-likeness (QED) is 0.731. The van der Waals surface area contributed by atoms with Crippen molar-refractivity contribution >= 4 is 5.97 Å². The van der Waals surface area contributed by atoms with Crippen LogP contribution in [0.3, 0.4) is 0 Å². The number of aliphatic hydroxyl groups excluding tert-OH is 1. The van der Waals surface area contributed by atoms with E-state index < -0.39 is 5.97 Å². The molecule has 0 saturated heterocycles. The molecule has 0 aliphatic rings. The average molecular weight is 197 g/mol. The van der Waals surface area contributed by atoms with Gasteiger partial charge in [-0.15, -0.1) is 0 Å². The van der Waals surface area contributed by atoms with E-state index >= 15 is 0 Å². The van der Waals surface area contributed by atoms with Crippen LogP contribution in [-0.4, -0.2) is 28.3 Å². The Morgan fingerprint density at radius 3 is 2.86 bits per heavy atom. The molecule has 0 atom stereocenters.